The van der Waals surface area contributed by atoms with Gasteiger partial charge in [0.05, 0.1) is 0 Å². The minimum absolute atomic E-state index is 0.00954. The highest BCUT2D eigenvalue weighted by Gasteiger charge is 2.31. The van der Waals surface area contributed by atoms with Crippen molar-refractivity contribution in [3.05, 3.63) is 29.3 Å². The number of thioether (sulfide) groups is 1. The molecule has 0 amide bonds. The number of rotatable bonds is 5. The van der Waals surface area contributed by atoms with Gasteiger partial charge in [0.2, 0.25) is 0 Å². The predicted molar refractivity (Wildman–Crippen MR) is 70.7 cm³/mol. The molecule has 1 aromatic carbocycles. The van der Waals surface area contributed by atoms with Crippen molar-refractivity contribution in [3.63, 3.8) is 0 Å². The summed E-state index contributed by atoms with van der Waals surface area (Å²) in [6.07, 6.45) is 0.138. The van der Waals surface area contributed by atoms with Crippen molar-refractivity contribution < 1.29 is 18.0 Å². The van der Waals surface area contributed by atoms with Crippen molar-refractivity contribution in [3.8, 4) is 0 Å². The van der Waals surface area contributed by atoms with E-state index in [4.69, 9.17) is 11.6 Å². The lowest BCUT2D eigenvalue weighted by atomic mass is 10.0. The zero-order valence-corrected chi connectivity index (χ0v) is 12.2. The van der Waals surface area contributed by atoms with Crippen molar-refractivity contribution in [2.24, 2.45) is 0 Å². The zero-order valence-electron chi connectivity index (χ0n) is 9.06. The quantitative estimate of drug-likeness (QED) is 0.417. The van der Waals surface area contributed by atoms with E-state index in [2.05, 4.69) is 15.9 Å². The normalized spacial score (nSPS) is 11.6. The lowest BCUT2D eigenvalue weighted by molar-refractivity contribution is -0.0328. The number of alkyl halides is 5. The first kappa shape index (κ1) is 15.9. The molecule has 0 radical (unpaired) electrons. The van der Waals surface area contributed by atoms with E-state index in [1.54, 1.807) is 6.07 Å². The van der Waals surface area contributed by atoms with Gasteiger partial charge in [0, 0.05) is 28.1 Å². The second-order valence-electron chi connectivity index (χ2n) is 3.33. The van der Waals surface area contributed by atoms with Gasteiger partial charge in [-0.25, -0.2) is 0 Å². The molecule has 0 unspecified atom stereocenters. The van der Waals surface area contributed by atoms with Gasteiger partial charge in [-0.1, -0.05) is 28.1 Å². The van der Waals surface area contributed by atoms with Crippen LogP contribution in [0, 0.1) is 0 Å². The monoisotopic (exact) mass is 360 g/mol. The molecule has 0 aromatic heterocycles. The van der Waals surface area contributed by atoms with Crippen LogP contribution in [0.15, 0.2) is 23.1 Å². The summed E-state index contributed by atoms with van der Waals surface area (Å²) in [5, 5.41) is 0.401. The number of halogens is 5. The average molecular weight is 362 g/mol. The van der Waals surface area contributed by atoms with E-state index in [1.807, 2.05) is 0 Å². The Hall–Kier alpha value is -0.200. The fourth-order valence-electron chi connectivity index (χ4n) is 1.42. The Bertz CT molecular complexity index is 437. The molecule has 0 atom stereocenters. The molecule has 0 spiro atoms. The summed E-state index contributed by atoms with van der Waals surface area (Å²) in [7, 11) is 0. The van der Waals surface area contributed by atoms with E-state index in [-0.39, 0.29) is 40.3 Å². The van der Waals surface area contributed by atoms with Crippen LogP contribution in [0.2, 0.25) is 0 Å². The first-order valence-corrected chi connectivity index (χ1v) is 7.39. The molecule has 100 valence electrons. The number of carbonyl (C=O) groups is 1. The number of hydrogen-bond acceptors (Lipinski definition) is 2. The third-order valence-corrected chi connectivity index (χ3v) is 3.56. The molecule has 0 N–H and O–H groups in total. The first-order valence-electron chi connectivity index (χ1n) is 4.91. The highest BCUT2D eigenvalue weighted by atomic mass is 79.9. The molecule has 1 rings (SSSR count). The van der Waals surface area contributed by atoms with Crippen LogP contribution in [-0.2, 0) is 5.88 Å². The first-order chi connectivity index (χ1) is 8.39. The van der Waals surface area contributed by atoms with Crippen LogP contribution in [0.4, 0.5) is 13.2 Å². The molecule has 0 heterocycles. The van der Waals surface area contributed by atoms with Crippen LogP contribution in [0.5, 0.6) is 0 Å². The standard InChI is InChI=1S/C11H9BrClF3OS/c12-5-4-8(17)10-7(6-13)2-1-3-9(10)18-11(14,15)16/h1-3H,4-6H2. The zero-order chi connectivity index (χ0) is 13.8. The molecule has 0 saturated carbocycles. The van der Waals surface area contributed by atoms with Crippen LogP contribution in [0.25, 0.3) is 0 Å². The molecular weight excluding hydrogens is 353 g/mol. The lowest BCUT2D eigenvalue weighted by Crippen LogP contribution is -2.08. The molecule has 0 bridgehead atoms. The van der Waals surface area contributed by atoms with Crippen LogP contribution in [-0.4, -0.2) is 16.6 Å². The average Bonchev–Trinajstić information content (AvgIpc) is 2.26. The van der Waals surface area contributed by atoms with E-state index in [0.29, 0.717) is 10.9 Å². The van der Waals surface area contributed by atoms with Crippen LogP contribution in [0.1, 0.15) is 22.3 Å². The van der Waals surface area contributed by atoms with Gasteiger partial charge in [-0.3, -0.25) is 4.79 Å². The third kappa shape index (κ3) is 4.48. The second kappa shape index (κ2) is 6.82. The fraction of sp³-hybridized carbons (Fsp3) is 0.364. The van der Waals surface area contributed by atoms with Gasteiger partial charge >= 0.3 is 5.51 Å². The van der Waals surface area contributed by atoms with Crippen molar-refractivity contribution in [2.75, 3.05) is 5.33 Å². The summed E-state index contributed by atoms with van der Waals surface area (Å²) in [5.74, 6) is -0.329. The van der Waals surface area contributed by atoms with Crippen molar-refractivity contribution >= 4 is 45.1 Å². The highest BCUT2D eigenvalue weighted by molar-refractivity contribution is 9.09. The van der Waals surface area contributed by atoms with Crippen molar-refractivity contribution in [1.82, 2.24) is 0 Å². The summed E-state index contributed by atoms with van der Waals surface area (Å²) in [6.45, 7) is 0. The Morgan fingerprint density at radius 3 is 2.56 bits per heavy atom. The SMILES string of the molecule is O=C(CCBr)c1c(CCl)cccc1SC(F)(F)F. The maximum absolute atomic E-state index is 12.4. The Balaban J connectivity index is 3.20. The third-order valence-electron chi connectivity index (χ3n) is 2.08. The molecular formula is C11H9BrClF3OS. The second-order valence-corrected chi connectivity index (χ2v) is 5.50. The topological polar surface area (TPSA) is 17.1 Å². The van der Waals surface area contributed by atoms with E-state index in [1.165, 1.54) is 12.1 Å². The molecule has 0 aliphatic heterocycles. The molecule has 0 fully saturated rings. The van der Waals surface area contributed by atoms with Crippen LogP contribution < -0.4 is 0 Å². The van der Waals surface area contributed by atoms with E-state index in [0.717, 1.165) is 0 Å². The summed E-state index contributed by atoms with van der Waals surface area (Å²) in [4.78, 5) is 11.8. The number of benzene rings is 1. The van der Waals surface area contributed by atoms with Gasteiger partial charge < -0.3 is 0 Å². The van der Waals surface area contributed by atoms with Crippen molar-refractivity contribution in [2.45, 2.75) is 22.7 Å². The Labute approximate surface area is 120 Å². The molecule has 0 aliphatic rings. The summed E-state index contributed by atoms with van der Waals surface area (Å²) in [5.41, 5.74) is -3.92. The van der Waals surface area contributed by atoms with Crippen LogP contribution in [0.3, 0.4) is 0 Å². The molecule has 18 heavy (non-hydrogen) atoms. The molecule has 1 nitrogen and oxygen atoms in total. The fourth-order valence-corrected chi connectivity index (χ4v) is 2.75. The maximum Gasteiger partial charge on any atom is 0.446 e. The molecule has 0 saturated heterocycles. The van der Waals surface area contributed by atoms with Gasteiger partial charge in [0.15, 0.2) is 5.78 Å². The van der Waals surface area contributed by atoms with Gasteiger partial charge in [0.25, 0.3) is 0 Å². The summed E-state index contributed by atoms with van der Waals surface area (Å²) < 4.78 is 37.2. The van der Waals surface area contributed by atoms with Gasteiger partial charge in [-0.05, 0) is 23.4 Å². The largest absolute Gasteiger partial charge is 0.446 e. The lowest BCUT2D eigenvalue weighted by Gasteiger charge is -2.13. The van der Waals surface area contributed by atoms with E-state index in [9.17, 15) is 18.0 Å². The number of ketones is 1. The smallest absolute Gasteiger partial charge is 0.294 e. The van der Waals surface area contributed by atoms with Gasteiger partial charge in [-0.15, -0.1) is 11.6 Å². The van der Waals surface area contributed by atoms with Crippen LogP contribution >= 0.6 is 39.3 Å². The molecule has 0 aliphatic carbocycles. The van der Waals surface area contributed by atoms with E-state index >= 15 is 0 Å². The summed E-state index contributed by atoms with van der Waals surface area (Å²) >= 11 is 8.48. The van der Waals surface area contributed by atoms with Gasteiger partial charge in [-0.2, -0.15) is 13.2 Å². The Kier molecular flexibility index (Phi) is 6.01. The number of hydrogen-bond donors (Lipinski definition) is 0. The van der Waals surface area contributed by atoms with E-state index < -0.39 is 5.51 Å². The Morgan fingerprint density at radius 1 is 1.39 bits per heavy atom. The van der Waals surface area contributed by atoms with Crippen molar-refractivity contribution in [1.29, 1.82) is 0 Å². The maximum atomic E-state index is 12.4. The Morgan fingerprint density at radius 2 is 2.06 bits per heavy atom. The summed E-state index contributed by atoms with van der Waals surface area (Å²) in [6, 6.07) is 4.32. The predicted octanol–water partition coefficient (Wildman–Crippen LogP) is 5.01. The molecule has 1 aromatic rings. The molecule has 7 heteroatoms. The van der Waals surface area contributed by atoms with Gasteiger partial charge in [0.1, 0.15) is 0 Å². The number of Topliss-reactive ketones (excluding diaryl/α,β-unsaturated/α-hetero) is 1. The highest BCUT2D eigenvalue weighted by Crippen LogP contribution is 2.40. The number of carbonyl (C=O) groups excluding carboxylic acids is 1. The minimum atomic E-state index is -4.42. The minimum Gasteiger partial charge on any atom is -0.294 e.